The fourth-order valence-electron chi connectivity index (χ4n) is 2.41. The van der Waals surface area contributed by atoms with E-state index in [0.29, 0.717) is 12.3 Å². The normalized spacial score (nSPS) is 23.7. The Morgan fingerprint density at radius 2 is 2.21 bits per heavy atom. The lowest BCUT2D eigenvalue weighted by atomic mass is 10.1. The van der Waals surface area contributed by atoms with Crippen molar-refractivity contribution < 1.29 is 9.63 Å². The van der Waals surface area contributed by atoms with Crippen LogP contribution in [0.1, 0.15) is 37.5 Å². The van der Waals surface area contributed by atoms with E-state index >= 15 is 0 Å². The monoisotopic (exact) mass is 268 g/mol. The summed E-state index contributed by atoms with van der Waals surface area (Å²) in [6, 6.07) is 0.180. The second-order valence-electron chi connectivity index (χ2n) is 5.45. The van der Waals surface area contributed by atoms with Gasteiger partial charge >= 0.3 is 0 Å². The van der Waals surface area contributed by atoms with Crippen LogP contribution in [0, 0.1) is 0 Å². The third kappa shape index (κ3) is 3.75. The highest BCUT2D eigenvalue weighted by Gasteiger charge is 2.28. The third-order valence-electron chi connectivity index (χ3n) is 3.67. The fraction of sp³-hybridized carbons (Fsp3) is 0.846. The maximum Gasteiger partial charge on any atom is 0.229 e. The first kappa shape index (κ1) is 14.4. The van der Waals surface area contributed by atoms with E-state index in [2.05, 4.69) is 41.0 Å². The zero-order valence-corrected chi connectivity index (χ0v) is 12.0. The van der Waals surface area contributed by atoms with Crippen LogP contribution >= 0.6 is 0 Å². The lowest BCUT2D eigenvalue weighted by Crippen LogP contribution is -2.45. The van der Waals surface area contributed by atoms with E-state index in [-0.39, 0.29) is 12.1 Å². The molecule has 0 saturated carbocycles. The van der Waals surface area contributed by atoms with Gasteiger partial charge in [0.1, 0.15) is 0 Å². The van der Waals surface area contributed by atoms with E-state index in [9.17, 15) is 5.11 Å². The first-order valence-electron chi connectivity index (χ1n) is 6.99. The Bertz CT molecular complexity index is 396. The minimum atomic E-state index is -0.384. The lowest BCUT2D eigenvalue weighted by molar-refractivity contribution is 0.108. The molecule has 1 fully saturated rings. The molecule has 0 amide bonds. The van der Waals surface area contributed by atoms with Crippen molar-refractivity contribution >= 4 is 0 Å². The summed E-state index contributed by atoms with van der Waals surface area (Å²) in [6.07, 6.45) is 1.79. The molecule has 0 radical (unpaired) electrons. The molecule has 2 unspecified atom stereocenters. The number of aromatic nitrogens is 2. The van der Waals surface area contributed by atoms with Crippen LogP contribution in [0.4, 0.5) is 0 Å². The van der Waals surface area contributed by atoms with Crippen molar-refractivity contribution in [3.05, 3.63) is 11.7 Å². The van der Waals surface area contributed by atoms with E-state index in [1.165, 1.54) is 0 Å². The summed E-state index contributed by atoms with van der Waals surface area (Å²) < 4.78 is 5.25. The van der Waals surface area contributed by atoms with Gasteiger partial charge in [0.2, 0.25) is 5.89 Å². The van der Waals surface area contributed by atoms with Crippen LogP contribution in [0.2, 0.25) is 0 Å². The van der Waals surface area contributed by atoms with Gasteiger partial charge in [-0.05, 0) is 20.5 Å². The topological polar surface area (TPSA) is 65.6 Å². The number of piperazine rings is 1. The lowest BCUT2D eigenvalue weighted by Gasteiger charge is -2.35. The van der Waals surface area contributed by atoms with Crippen molar-refractivity contribution in [1.29, 1.82) is 0 Å². The quantitative estimate of drug-likeness (QED) is 0.847. The first-order chi connectivity index (χ1) is 9.10. The summed E-state index contributed by atoms with van der Waals surface area (Å²) in [6.45, 7) is 5.03. The van der Waals surface area contributed by atoms with Gasteiger partial charge in [0.05, 0.1) is 18.6 Å². The van der Waals surface area contributed by atoms with Crippen LogP contribution in [0.3, 0.4) is 0 Å². The van der Waals surface area contributed by atoms with Crippen molar-refractivity contribution in [1.82, 2.24) is 19.9 Å². The number of aliphatic hydroxyl groups excluding tert-OH is 1. The first-order valence-corrected chi connectivity index (χ1v) is 6.99. The maximum atomic E-state index is 9.77. The highest BCUT2D eigenvalue weighted by molar-refractivity contribution is 4.98. The Kier molecular flexibility index (Phi) is 4.90. The second-order valence-corrected chi connectivity index (χ2v) is 5.45. The summed E-state index contributed by atoms with van der Waals surface area (Å²) >= 11 is 0. The molecule has 0 aliphatic carbocycles. The number of nitrogens with zero attached hydrogens (tertiary/aromatic N) is 4. The molecule has 1 aliphatic rings. The van der Waals surface area contributed by atoms with E-state index in [4.69, 9.17) is 4.52 Å². The Morgan fingerprint density at radius 3 is 2.95 bits per heavy atom. The summed E-state index contributed by atoms with van der Waals surface area (Å²) in [7, 11) is 4.19. The number of hydrogen-bond donors (Lipinski definition) is 1. The molecule has 2 rings (SSSR count). The Hall–Kier alpha value is -0.980. The zero-order chi connectivity index (χ0) is 13.8. The van der Waals surface area contributed by atoms with Gasteiger partial charge in [0.15, 0.2) is 5.82 Å². The Labute approximate surface area is 114 Å². The third-order valence-corrected chi connectivity index (χ3v) is 3.67. The van der Waals surface area contributed by atoms with Crippen LogP contribution in [-0.4, -0.2) is 64.9 Å². The molecule has 19 heavy (non-hydrogen) atoms. The molecule has 1 saturated heterocycles. The Balaban J connectivity index is 1.99. The molecule has 1 aromatic rings. The van der Waals surface area contributed by atoms with Crippen LogP contribution in [-0.2, 0) is 6.42 Å². The van der Waals surface area contributed by atoms with E-state index < -0.39 is 0 Å². The van der Waals surface area contributed by atoms with Gasteiger partial charge < -0.3 is 14.5 Å². The highest BCUT2D eigenvalue weighted by atomic mass is 16.5. The van der Waals surface area contributed by atoms with Crippen LogP contribution in [0.5, 0.6) is 0 Å². The number of rotatable bonds is 5. The molecule has 1 aliphatic heterocycles. The predicted molar refractivity (Wildman–Crippen MR) is 71.8 cm³/mol. The summed E-state index contributed by atoms with van der Waals surface area (Å²) in [4.78, 5) is 8.95. The molecule has 0 aromatic carbocycles. The van der Waals surface area contributed by atoms with Gasteiger partial charge in [-0.3, -0.25) is 4.90 Å². The number of hydrogen-bond acceptors (Lipinski definition) is 6. The zero-order valence-electron chi connectivity index (χ0n) is 12.0. The van der Waals surface area contributed by atoms with Gasteiger partial charge in [-0.2, -0.15) is 4.98 Å². The summed E-state index contributed by atoms with van der Waals surface area (Å²) in [5.74, 6) is 1.27. The minimum Gasteiger partial charge on any atom is -0.393 e. The van der Waals surface area contributed by atoms with E-state index in [1.807, 2.05) is 0 Å². The average Bonchev–Trinajstić information content (AvgIpc) is 2.81. The summed E-state index contributed by atoms with van der Waals surface area (Å²) in [5.41, 5.74) is 0. The van der Waals surface area contributed by atoms with Crippen molar-refractivity contribution in [2.45, 2.75) is 38.3 Å². The molecule has 0 bridgehead atoms. The minimum absolute atomic E-state index is 0.180. The molecular weight excluding hydrogens is 244 g/mol. The predicted octanol–water partition coefficient (Wildman–Crippen LogP) is 0.691. The van der Waals surface area contributed by atoms with Gasteiger partial charge in [-0.15, -0.1) is 0 Å². The fourth-order valence-corrected chi connectivity index (χ4v) is 2.41. The molecule has 108 valence electrons. The standard InChI is InChI=1S/C13H24N4O2/c1-4-5-10(18)8-12-14-13(15-19-12)11-9-16(2)6-7-17(11)3/h10-11,18H,4-9H2,1-3H3. The van der Waals surface area contributed by atoms with Crippen molar-refractivity contribution in [2.24, 2.45) is 0 Å². The average molecular weight is 268 g/mol. The van der Waals surface area contributed by atoms with Crippen molar-refractivity contribution in [3.63, 3.8) is 0 Å². The van der Waals surface area contributed by atoms with Crippen LogP contribution in [0.25, 0.3) is 0 Å². The smallest absolute Gasteiger partial charge is 0.229 e. The molecule has 1 N–H and O–H groups in total. The van der Waals surface area contributed by atoms with E-state index in [1.54, 1.807) is 0 Å². The largest absolute Gasteiger partial charge is 0.393 e. The number of aliphatic hydroxyl groups is 1. The molecular formula is C13H24N4O2. The molecule has 6 heteroatoms. The van der Waals surface area contributed by atoms with Crippen LogP contribution < -0.4 is 0 Å². The molecule has 0 spiro atoms. The van der Waals surface area contributed by atoms with Crippen molar-refractivity contribution in [3.8, 4) is 0 Å². The van der Waals surface area contributed by atoms with Gasteiger partial charge in [-0.25, -0.2) is 0 Å². The van der Waals surface area contributed by atoms with Gasteiger partial charge in [-0.1, -0.05) is 18.5 Å². The van der Waals surface area contributed by atoms with Crippen LogP contribution in [0.15, 0.2) is 4.52 Å². The number of likely N-dealkylation sites (N-methyl/N-ethyl adjacent to an activating group) is 2. The van der Waals surface area contributed by atoms with E-state index in [0.717, 1.165) is 38.3 Å². The molecule has 1 aromatic heterocycles. The molecule has 6 nitrogen and oxygen atoms in total. The maximum absolute atomic E-state index is 9.77. The van der Waals surface area contributed by atoms with Gasteiger partial charge in [0, 0.05) is 19.6 Å². The summed E-state index contributed by atoms with van der Waals surface area (Å²) in [5, 5.41) is 13.8. The SMILES string of the molecule is CCCC(O)Cc1nc(C2CN(C)CCN2C)no1. The second kappa shape index (κ2) is 6.45. The molecule has 2 heterocycles. The highest BCUT2D eigenvalue weighted by Crippen LogP contribution is 2.21. The van der Waals surface area contributed by atoms with Gasteiger partial charge in [0.25, 0.3) is 0 Å². The Morgan fingerprint density at radius 1 is 1.42 bits per heavy atom. The molecule has 2 atom stereocenters. The van der Waals surface area contributed by atoms with Crippen molar-refractivity contribution in [2.75, 3.05) is 33.7 Å².